The zero-order chi connectivity index (χ0) is 11.1. The van der Waals surface area contributed by atoms with Crippen molar-refractivity contribution in [3.63, 3.8) is 0 Å². The van der Waals surface area contributed by atoms with Gasteiger partial charge in [-0.2, -0.15) is 0 Å². The van der Waals surface area contributed by atoms with Crippen molar-refractivity contribution in [3.8, 4) is 0 Å². The van der Waals surface area contributed by atoms with Crippen LogP contribution in [0.4, 0.5) is 0 Å². The van der Waals surface area contributed by atoms with Crippen LogP contribution in [-0.2, 0) is 9.59 Å². The van der Waals surface area contributed by atoms with Gasteiger partial charge in [0.05, 0.1) is 4.87 Å². The lowest BCUT2D eigenvalue weighted by molar-refractivity contribution is -0.137. The Morgan fingerprint density at radius 1 is 1.73 bits per heavy atom. The van der Waals surface area contributed by atoms with Crippen molar-refractivity contribution in [2.24, 2.45) is 0 Å². The second-order valence-electron chi connectivity index (χ2n) is 4.16. The van der Waals surface area contributed by atoms with Gasteiger partial charge in [-0.15, -0.1) is 11.8 Å². The van der Waals surface area contributed by atoms with Gasteiger partial charge in [0.1, 0.15) is 6.04 Å². The number of carbonyl (C=O) groups excluding carboxylic acids is 2. The molecule has 0 aromatic rings. The smallest absolute Gasteiger partial charge is 0.243 e. The molecule has 0 spiro atoms. The van der Waals surface area contributed by atoms with Crippen LogP contribution >= 0.6 is 11.8 Å². The Labute approximate surface area is 93.8 Å². The SMILES string of the molecule is CCNC(=O)[C@H]1CS[C@]2(C)CCC(=O)N12. The Kier molecular flexibility index (Phi) is 2.66. The summed E-state index contributed by atoms with van der Waals surface area (Å²) >= 11 is 1.73. The molecule has 0 bridgehead atoms. The van der Waals surface area contributed by atoms with E-state index in [2.05, 4.69) is 12.2 Å². The number of hydrogen-bond donors (Lipinski definition) is 1. The lowest BCUT2D eigenvalue weighted by Gasteiger charge is -2.29. The predicted molar refractivity (Wildman–Crippen MR) is 59.4 cm³/mol. The molecule has 4 nitrogen and oxygen atoms in total. The average Bonchev–Trinajstić information content (AvgIpc) is 2.66. The third-order valence-electron chi connectivity index (χ3n) is 3.10. The zero-order valence-corrected chi connectivity index (χ0v) is 9.89. The predicted octanol–water partition coefficient (Wildman–Crippen LogP) is 0.576. The van der Waals surface area contributed by atoms with Crippen molar-refractivity contribution in [1.82, 2.24) is 10.2 Å². The number of fused-ring (bicyclic) bond motifs is 1. The Hall–Kier alpha value is -0.710. The lowest BCUT2D eigenvalue weighted by atomic mass is 10.2. The summed E-state index contributed by atoms with van der Waals surface area (Å²) in [6.07, 6.45) is 1.45. The lowest BCUT2D eigenvalue weighted by Crippen LogP contribution is -2.50. The van der Waals surface area contributed by atoms with E-state index in [-0.39, 0.29) is 22.7 Å². The Morgan fingerprint density at radius 3 is 3.13 bits per heavy atom. The molecule has 2 fully saturated rings. The highest BCUT2D eigenvalue weighted by Gasteiger charge is 2.52. The molecule has 0 aromatic carbocycles. The molecule has 15 heavy (non-hydrogen) atoms. The topological polar surface area (TPSA) is 49.4 Å². The van der Waals surface area contributed by atoms with E-state index >= 15 is 0 Å². The van der Waals surface area contributed by atoms with Gasteiger partial charge in [0.15, 0.2) is 0 Å². The van der Waals surface area contributed by atoms with Gasteiger partial charge in [-0.25, -0.2) is 0 Å². The standard InChI is InChI=1S/C10H16N2O2S/c1-3-11-9(14)7-6-15-10(2)5-4-8(13)12(7)10/h7H,3-6H2,1-2H3,(H,11,14)/t7-,10-/m1/s1. The van der Waals surface area contributed by atoms with Gasteiger partial charge < -0.3 is 10.2 Å². The van der Waals surface area contributed by atoms with Crippen LogP contribution in [0.1, 0.15) is 26.7 Å². The number of thioether (sulfide) groups is 1. The van der Waals surface area contributed by atoms with Crippen molar-refractivity contribution < 1.29 is 9.59 Å². The fraction of sp³-hybridized carbons (Fsp3) is 0.800. The highest BCUT2D eigenvalue weighted by atomic mass is 32.2. The Morgan fingerprint density at radius 2 is 2.47 bits per heavy atom. The molecule has 84 valence electrons. The summed E-state index contributed by atoms with van der Waals surface area (Å²) in [6.45, 7) is 4.57. The van der Waals surface area contributed by atoms with Crippen molar-refractivity contribution in [2.45, 2.75) is 37.6 Å². The van der Waals surface area contributed by atoms with Crippen molar-refractivity contribution in [3.05, 3.63) is 0 Å². The average molecular weight is 228 g/mol. The number of likely N-dealkylation sites (N-methyl/N-ethyl adjacent to an activating group) is 1. The normalized spacial score (nSPS) is 34.4. The summed E-state index contributed by atoms with van der Waals surface area (Å²) in [5, 5.41) is 2.79. The summed E-state index contributed by atoms with van der Waals surface area (Å²) in [5.41, 5.74) is 0. The molecule has 0 aromatic heterocycles. The molecule has 2 saturated heterocycles. The fourth-order valence-electron chi connectivity index (χ4n) is 2.31. The highest BCUT2D eigenvalue weighted by molar-refractivity contribution is 8.01. The molecule has 0 radical (unpaired) electrons. The number of carbonyl (C=O) groups is 2. The molecule has 2 amide bonds. The van der Waals surface area contributed by atoms with Crippen LogP contribution in [0.15, 0.2) is 0 Å². The quantitative estimate of drug-likeness (QED) is 0.752. The second-order valence-corrected chi connectivity index (χ2v) is 5.66. The molecule has 0 aliphatic carbocycles. The summed E-state index contributed by atoms with van der Waals surface area (Å²) in [5.74, 6) is 0.844. The number of nitrogens with zero attached hydrogens (tertiary/aromatic N) is 1. The first-order valence-corrected chi connectivity index (χ1v) is 6.31. The summed E-state index contributed by atoms with van der Waals surface area (Å²) in [7, 11) is 0. The van der Waals surface area contributed by atoms with Crippen molar-refractivity contribution in [2.75, 3.05) is 12.3 Å². The van der Waals surface area contributed by atoms with Crippen molar-refractivity contribution in [1.29, 1.82) is 0 Å². The molecule has 5 heteroatoms. The number of rotatable bonds is 2. The molecular weight excluding hydrogens is 212 g/mol. The van der Waals surface area contributed by atoms with Crippen LogP contribution < -0.4 is 5.32 Å². The largest absolute Gasteiger partial charge is 0.355 e. The third kappa shape index (κ3) is 1.62. The van der Waals surface area contributed by atoms with Gasteiger partial charge in [-0.1, -0.05) is 0 Å². The maximum Gasteiger partial charge on any atom is 0.243 e. The van der Waals surface area contributed by atoms with E-state index in [4.69, 9.17) is 0 Å². The van der Waals surface area contributed by atoms with E-state index in [1.54, 1.807) is 16.7 Å². The Bertz CT molecular complexity index is 308. The monoisotopic (exact) mass is 228 g/mol. The molecule has 0 unspecified atom stereocenters. The van der Waals surface area contributed by atoms with E-state index < -0.39 is 0 Å². The van der Waals surface area contributed by atoms with Gasteiger partial charge in [0.2, 0.25) is 11.8 Å². The molecule has 2 rings (SSSR count). The zero-order valence-electron chi connectivity index (χ0n) is 9.08. The molecule has 2 aliphatic heterocycles. The van der Waals surface area contributed by atoms with Gasteiger partial charge >= 0.3 is 0 Å². The number of amides is 2. The summed E-state index contributed by atoms with van der Waals surface area (Å²) in [6, 6.07) is -0.255. The van der Waals surface area contributed by atoms with E-state index in [1.165, 1.54) is 0 Å². The summed E-state index contributed by atoms with van der Waals surface area (Å²) in [4.78, 5) is 25.1. The molecule has 2 atom stereocenters. The first-order valence-electron chi connectivity index (χ1n) is 5.32. The van der Waals surface area contributed by atoms with Crippen LogP contribution in [-0.4, -0.2) is 39.9 Å². The van der Waals surface area contributed by atoms with Gasteiger partial charge in [-0.05, 0) is 20.3 Å². The minimum absolute atomic E-state index is 0.0102. The number of hydrogen-bond acceptors (Lipinski definition) is 3. The molecule has 2 aliphatic rings. The van der Waals surface area contributed by atoms with Crippen LogP contribution in [0, 0.1) is 0 Å². The van der Waals surface area contributed by atoms with Gasteiger partial charge in [0.25, 0.3) is 0 Å². The maximum absolute atomic E-state index is 11.8. The van der Waals surface area contributed by atoms with Crippen LogP contribution in [0.3, 0.4) is 0 Å². The first kappa shape index (κ1) is 10.8. The molecule has 2 heterocycles. The van der Waals surface area contributed by atoms with Crippen LogP contribution in [0.2, 0.25) is 0 Å². The summed E-state index contributed by atoms with van der Waals surface area (Å²) < 4.78 is 0. The second kappa shape index (κ2) is 3.70. The van der Waals surface area contributed by atoms with Gasteiger partial charge in [-0.3, -0.25) is 9.59 Å². The minimum atomic E-state index is -0.255. The van der Waals surface area contributed by atoms with E-state index in [9.17, 15) is 9.59 Å². The van der Waals surface area contributed by atoms with E-state index in [1.807, 2.05) is 6.92 Å². The molecular formula is C10H16N2O2S. The van der Waals surface area contributed by atoms with E-state index in [0.29, 0.717) is 13.0 Å². The van der Waals surface area contributed by atoms with Crippen molar-refractivity contribution >= 4 is 23.6 Å². The minimum Gasteiger partial charge on any atom is -0.355 e. The molecule has 1 N–H and O–H groups in total. The fourth-order valence-corrected chi connectivity index (χ4v) is 3.74. The maximum atomic E-state index is 11.8. The van der Waals surface area contributed by atoms with Crippen LogP contribution in [0.25, 0.3) is 0 Å². The Balaban J connectivity index is 2.16. The van der Waals surface area contributed by atoms with E-state index in [0.717, 1.165) is 12.2 Å². The first-order chi connectivity index (χ1) is 7.08. The number of nitrogens with one attached hydrogen (secondary N) is 1. The third-order valence-corrected chi connectivity index (χ3v) is 4.60. The van der Waals surface area contributed by atoms with Crippen LogP contribution in [0.5, 0.6) is 0 Å². The van der Waals surface area contributed by atoms with Gasteiger partial charge in [0, 0.05) is 18.7 Å². The highest BCUT2D eigenvalue weighted by Crippen LogP contribution is 2.47. The molecule has 0 saturated carbocycles.